The highest BCUT2D eigenvalue weighted by atomic mass is 32.2. The zero-order valence-electron chi connectivity index (χ0n) is 17.3. The van der Waals surface area contributed by atoms with Crippen molar-refractivity contribution in [3.8, 4) is 0 Å². The molecule has 0 aliphatic heterocycles. The highest BCUT2D eigenvalue weighted by molar-refractivity contribution is 7.89. The zero-order chi connectivity index (χ0) is 21.9. The Morgan fingerprint density at radius 3 is 2.57 bits per heavy atom. The summed E-state index contributed by atoms with van der Waals surface area (Å²) in [6.45, 7) is 1.78. The van der Waals surface area contributed by atoms with Crippen LogP contribution in [0.2, 0.25) is 0 Å². The van der Waals surface area contributed by atoms with Crippen LogP contribution in [0.3, 0.4) is 0 Å². The molecule has 0 spiro atoms. The van der Waals surface area contributed by atoms with Gasteiger partial charge in [-0.15, -0.1) is 11.3 Å². The molecule has 1 aliphatic rings. The molecule has 0 fully saturated rings. The average molecular weight is 451 g/mol. The molecule has 0 saturated heterocycles. The monoisotopic (exact) mass is 450 g/mol. The van der Waals surface area contributed by atoms with Crippen LogP contribution >= 0.6 is 11.3 Å². The molecule has 1 atom stereocenters. The number of ether oxygens (including phenoxy) is 1. The van der Waals surface area contributed by atoms with Crippen molar-refractivity contribution in [2.24, 2.45) is 5.92 Å². The molecule has 0 radical (unpaired) electrons. The highest BCUT2D eigenvalue weighted by Gasteiger charge is 2.23. The van der Waals surface area contributed by atoms with E-state index in [4.69, 9.17) is 4.74 Å². The third-order valence-corrected chi connectivity index (χ3v) is 8.26. The van der Waals surface area contributed by atoms with Crippen LogP contribution in [0.15, 0.2) is 35.2 Å². The Labute approximate surface area is 181 Å². The summed E-state index contributed by atoms with van der Waals surface area (Å²) in [4.78, 5) is 26.3. The quantitative estimate of drug-likeness (QED) is 0.654. The van der Waals surface area contributed by atoms with Crippen molar-refractivity contribution >= 4 is 38.9 Å². The second-order valence-corrected chi connectivity index (χ2v) is 10.8. The number of benzene rings is 1. The highest BCUT2D eigenvalue weighted by Crippen LogP contribution is 2.33. The normalized spacial score (nSPS) is 16.2. The number of carbonyl (C=O) groups excluding carboxylic acids is 2. The van der Waals surface area contributed by atoms with Crippen LogP contribution in [0.5, 0.6) is 0 Å². The van der Waals surface area contributed by atoms with Crippen LogP contribution in [-0.4, -0.2) is 45.3 Å². The molecule has 3 rings (SSSR count). The van der Waals surface area contributed by atoms with E-state index < -0.39 is 28.5 Å². The molecule has 30 heavy (non-hydrogen) atoms. The van der Waals surface area contributed by atoms with Gasteiger partial charge < -0.3 is 10.1 Å². The first-order valence-electron chi connectivity index (χ1n) is 9.81. The maximum atomic E-state index is 12.3. The summed E-state index contributed by atoms with van der Waals surface area (Å²) in [6.07, 6.45) is 4.27. The molecule has 1 amide bonds. The fourth-order valence-corrected chi connectivity index (χ4v) is 5.37. The second-order valence-electron chi connectivity index (χ2n) is 7.51. The number of anilines is 1. The summed E-state index contributed by atoms with van der Waals surface area (Å²) in [5, 5.41) is 2.60. The summed E-state index contributed by atoms with van der Waals surface area (Å²) in [7, 11) is -0.629. The summed E-state index contributed by atoms with van der Waals surface area (Å²) >= 11 is 1.45. The van der Waals surface area contributed by atoms with E-state index in [9.17, 15) is 18.0 Å². The SMILES string of the molecule is CCC1CCc2sc(C(=O)OCC(=O)Nc3ccc(S(=O)(=O)N(C)C)cc3)cc2C1. The molecule has 9 heteroatoms. The molecule has 7 nitrogen and oxygen atoms in total. The predicted molar refractivity (Wildman–Crippen MR) is 116 cm³/mol. The first kappa shape index (κ1) is 22.5. The lowest BCUT2D eigenvalue weighted by atomic mass is 9.87. The van der Waals surface area contributed by atoms with Crippen LogP contribution in [0.25, 0.3) is 0 Å². The maximum absolute atomic E-state index is 12.3. The van der Waals surface area contributed by atoms with Crippen molar-refractivity contribution < 1.29 is 22.7 Å². The van der Waals surface area contributed by atoms with E-state index in [1.54, 1.807) is 0 Å². The van der Waals surface area contributed by atoms with Gasteiger partial charge in [0.25, 0.3) is 5.91 Å². The van der Waals surface area contributed by atoms with Gasteiger partial charge in [-0.3, -0.25) is 4.79 Å². The van der Waals surface area contributed by atoms with Gasteiger partial charge in [0, 0.05) is 24.7 Å². The van der Waals surface area contributed by atoms with Crippen LogP contribution in [0.1, 0.15) is 39.9 Å². The molecule has 2 aromatic rings. The van der Waals surface area contributed by atoms with Gasteiger partial charge in [0.05, 0.1) is 4.90 Å². The van der Waals surface area contributed by atoms with E-state index in [0.29, 0.717) is 16.5 Å². The number of nitrogens with zero attached hydrogens (tertiary/aromatic N) is 1. The fourth-order valence-electron chi connectivity index (χ4n) is 3.37. The summed E-state index contributed by atoms with van der Waals surface area (Å²) in [5.41, 5.74) is 1.65. The maximum Gasteiger partial charge on any atom is 0.348 e. The Balaban J connectivity index is 1.54. The summed E-state index contributed by atoms with van der Waals surface area (Å²) < 4.78 is 30.4. The smallest absolute Gasteiger partial charge is 0.348 e. The van der Waals surface area contributed by atoms with Gasteiger partial charge in [-0.2, -0.15) is 0 Å². The number of hydrogen-bond acceptors (Lipinski definition) is 6. The number of carbonyl (C=O) groups is 2. The predicted octanol–water partition coefficient (Wildman–Crippen LogP) is 3.31. The number of nitrogens with one attached hydrogen (secondary N) is 1. The lowest BCUT2D eigenvalue weighted by Crippen LogP contribution is -2.22. The number of thiophene rings is 1. The molecule has 1 aromatic carbocycles. The topological polar surface area (TPSA) is 92.8 Å². The van der Waals surface area contributed by atoms with E-state index in [0.717, 1.165) is 30.0 Å². The second kappa shape index (κ2) is 9.28. The minimum absolute atomic E-state index is 0.129. The van der Waals surface area contributed by atoms with Crippen molar-refractivity contribution in [1.29, 1.82) is 0 Å². The summed E-state index contributed by atoms with van der Waals surface area (Å²) in [6, 6.07) is 7.71. The Morgan fingerprint density at radius 1 is 1.23 bits per heavy atom. The van der Waals surface area contributed by atoms with Crippen LogP contribution in [-0.2, 0) is 32.4 Å². The van der Waals surface area contributed by atoms with E-state index in [-0.39, 0.29) is 4.90 Å². The van der Waals surface area contributed by atoms with Gasteiger partial charge in [0.15, 0.2) is 6.61 Å². The van der Waals surface area contributed by atoms with Crippen molar-refractivity contribution in [3.63, 3.8) is 0 Å². The van der Waals surface area contributed by atoms with Crippen molar-refractivity contribution in [2.75, 3.05) is 26.0 Å². The molecular formula is C21H26N2O5S2. The van der Waals surface area contributed by atoms with E-state index in [2.05, 4.69) is 12.2 Å². The van der Waals surface area contributed by atoms with Gasteiger partial charge in [-0.05, 0) is 61.1 Å². The van der Waals surface area contributed by atoms with Gasteiger partial charge in [0.2, 0.25) is 10.0 Å². The number of aryl methyl sites for hydroxylation is 1. The molecule has 1 unspecified atom stereocenters. The van der Waals surface area contributed by atoms with E-state index in [1.165, 1.54) is 60.1 Å². The largest absolute Gasteiger partial charge is 0.451 e. The number of fused-ring (bicyclic) bond motifs is 1. The van der Waals surface area contributed by atoms with Gasteiger partial charge in [0.1, 0.15) is 4.88 Å². The molecule has 1 heterocycles. The molecule has 1 N–H and O–H groups in total. The van der Waals surface area contributed by atoms with Crippen molar-refractivity contribution in [3.05, 3.63) is 45.6 Å². The molecule has 1 aromatic heterocycles. The molecule has 162 valence electrons. The zero-order valence-corrected chi connectivity index (χ0v) is 18.9. The minimum Gasteiger partial charge on any atom is -0.451 e. The Kier molecular flexibility index (Phi) is 6.95. The standard InChI is InChI=1S/C21H26N2O5S2/c1-4-14-5-10-18-15(11-14)12-19(29-18)21(25)28-13-20(24)22-16-6-8-17(9-7-16)30(26,27)23(2)3/h6-9,12,14H,4-5,10-11,13H2,1-3H3,(H,22,24). The number of hydrogen-bond donors (Lipinski definition) is 1. The lowest BCUT2D eigenvalue weighted by Gasteiger charge is -2.19. The molecular weight excluding hydrogens is 424 g/mol. The van der Waals surface area contributed by atoms with Crippen molar-refractivity contribution in [1.82, 2.24) is 4.31 Å². The van der Waals surface area contributed by atoms with Gasteiger partial charge >= 0.3 is 5.97 Å². The van der Waals surface area contributed by atoms with Crippen molar-refractivity contribution in [2.45, 2.75) is 37.5 Å². The first-order valence-corrected chi connectivity index (χ1v) is 12.1. The van der Waals surface area contributed by atoms with E-state index >= 15 is 0 Å². The lowest BCUT2D eigenvalue weighted by molar-refractivity contribution is -0.119. The number of esters is 1. The number of rotatable bonds is 7. The van der Waals surface area contributed by atoms with Crippen LogP contribution < -0.4 is 5.32 Å². The third kappa shape index (κ3) is 5.08. The number of amides is 1. The minimum atomic E-state index is -3.53. The third-order valence-electron chi connectivity index (χ3n) is 5.21. The molecule has 1 aliphatic carbocycles. The Bertz CT molecular complexity index is 1030. The Hall–Kier alpha value is -2.23. The number of sulfonamides is 1. The van der Waals surface area contributed by atoms with Crippen LogP contribution in [0.4, 0.5) is 5.69 Å². The molecule has 0 saturated carbocycles. The summed E-state index contributed by atoms with van der Waals surface area (Å²) in [5.74, 6) is -0.315. The Morgan fingerprint density at radius 2 is 1.93 bits per heavy atom. The van der Waals surface area contributed by atoms with Gasteiger partial charge in [-0.25, -0.2) is 17.5 Å². The van der Waals surface area contributed by atoms with Gasteiger partial charge in [-0.1, -0.05) is 13.3 Å². The van der Waals surface area contributed by atoms with E-state index in [1.807, 2.05) is 6.07 Å². The molecule has 0 bridgehead atoms. The average Bonchev–Trinajstić information content (AvgIpc) is 3.15. The fraction of sp³-hybridized carbons (Fsp3) is 0.429. The first-order chi connectivity index (χ1) is 14.2. The van der Waals surface area contributed by atoms with Crippen LogP contribution in [0, 0.1) is 5.92 Å².